The fourth-order valence-electron chi connectivity index (χ4n) is 2.86. The summed E-state index contributed by atoms with van der Waals surface area (Å²) in [6.45, 7) is 7.45. The predicted octanol–water partition coefficient (Wildman–Crippen LogP) is 2.43. The van der Waals surface area contributed by atoms with Crippen molar-refractivity contribution in [3.8, 4) is 5.75 Å². The number of fused-ring (bicyclic) bond motifs is 1. The smallest absolute Gasteiger partial charge is 0.136 e. The largest absolute Gasteiger partial charge is 0.497 e. The Morgan fingerprint density at radius 1 is 1.30 bits per heavy atom. The molecule has 4 nitrogen and oxygen atoms in total. The van der Waals surface area contributed by atoms with Crippen LogP contribution in [0.2, 0.25) is 0 Å². The summed E-state index contributed by atoms with van der Waals surface area (Å²) in [5.41, 5.74) is 0.0689. The van der Waals surface area contributed by atoms with Crippen LogP contribution in [-0.2, 0) is 0 Å². The number of aromatic nitrogens is 1. The minimum Gasteiger partial charge on any atom is -0.497 e. The Morgan fingerprint density at radius 3 is 2.90 bits per heavy atom. The molecule has 0 atom stereocenters. The standard InChI is InChI=1S/C16H21N3O/c1-16(2)11-17-8-9-19(16)15-14-5-4-13(20-3)10-12(14)6-7-18-15/h4-7,10,17H,8-9,11H2,1-3H3. The SMILES string of the molecule is COc1ccc2c(N3CCNCC3(C)C)nccc2c1. The quantitative estimate of drug-likeness (QED) is 0.910. The van der Waals surface area contributed by atoms with E-state index in [1.165, 1.54) is 10.8 Å². The zero-order valence-corrected chi connectivity index (χ0v) is 12.3. The van der Waals surface area contributed by atoms with Crippen molar-refractivity contribution < 1.29 is 4.74 Å². The van der Waals surface area contributed by atoms with Crippen molar-refractivity contribution in [2.45, 2.75) is 19.4 Å². The van der Waals surface area contributed by atoms with E-state index in [0.717, 1.165) is 31.2 Å². The van der Waals surface area contributed by atoms with Gasteiger partial charge in [-0.05, 0) is 43.5 Å². The van der Waals surface area contributed by atoms with Gasteiger partial charge in [-0.3, -0.25) is 0 Å². The molecule has 0 bridgehead atoms. The van der Waals surface area contributed by atoms with E-state index in [4.69, 9.17) is 4.74 Å². The van der Waals surface area contributed by atoms with E-state index in [0.29, 0.717) is 0 Å². The van der Waals surface area contributed by atoms with Gasteiger partial charge in [0.05, 0.1) is 7.11 Å². The Morgan fingerprint density at radius 2 is 2.15 bits per heavy atom. The molecule has 1 aliphatic rings. The number of ether oxygens (including phenoxy) is 1. The molecule has 0 amide bonds. The Kier molecular flexibility index (Phi) is 3.26. The lowest BCUT2D eigenvalue weighted by molar-refractivity contribution is 0.379. The van der Waals surface area contributed by atoms with Crippen molar-refractivity contribution in [2.24, 2.45) is 0 Å². The number of anilines is 1. The van der Waals surface area contributed by atoms with Crippen molar-refractivity contribution in [1.82, 2.24) is 10.3 Å². The molecule has 1 aromatic heterocycles. The number of methoxy groups -OCH3 is 1. The van der Waals surface area contributed by atoms with E-state index in [1.807, 2.05) is 18.3 Å². The summed E-state index contributed by atoms with van der Waals surface area (Å²) in [5, 5.41) is 5.81. The van der Waals surface area contributed by atoms with E-state index in [1.54, 1.807) is 7.11 Å². The Hall–Kier alpha value is -1.81. The van der Waals surface area contributed by atoms with Gasteiger partial charge < -0.3 is 15.0 Å². The van der Waals surface area contributed by atoms with Gasteiger partial charge in [0, 0.05) is 36.8 Å². The molecule has 20 heavy (non-hydrogen) atoms. The normalized spacial score (nSPS) is 18.2. The Bertz CT molecular complexity index is 624. The first-order valence-corrected chi connectivity index (χ1v) is 7.03. The number of hydrogen-bond donors (Lipinski definition) is 1. The lowest BCUT2D eigenvalue weighted by atomic mass is 9.99. The van der Waals surface area contributed by atoms with Crippen LogP contribution >= 0.6 is 0 Å². The number of piperazine rings is 1. The monoisotopic (exact) mass is 271 g/mol. The maximum atomic E-state index is 5.30. The van der Waals surface area contributed by atoms with Gasteiger partial charge in [-0.25, -0.2) is 4.98 Å². The van der Waals surface area contributed by atoms with Gasteiger partial charge in [0.25, 0.3) is 0 Å². The first-order chi connectivity index (χ1) is 9.62. The highest BCUT2D eigenvalue weighted by molar-refractivity contribution is 5.93. The van der Waals surface area contributed by atoms with Gasteiger partial charge in [-0.2, -0.15) is 0 Å². The second-order valence-corrected chi connectivity index (χ2v) is 5.86. The van der Waals surface area contributed by atoms with Crippen LogP contribution in [0.3, 0.4) is 0 Å². The minimum atomic E-state index is 0.0689. The highest BCUT2D eigenvalue weighted by Gasteiger charge is 2.31. The van der Waals surface area contributed by atoms with Crippen LogP contribution in [0.25, 0.3) is 10.8 Å². The predicted molar refractivity (Wildman–Crippen MR) is 82.6 cm³/mol. The second-order valence-electron chi connectivity index (χ2n) is 5.86. The van der Waals surface area contributed by atoms with Crippen molar-refractivity contribution in [3.63, 3.8) is 0 Å². The van der Waals surface area contributed by atoms with Gasteiger partial charge in [-0.1, -0.05) is 0 Å². The highest BCUT2D eigenvalue weighted by atomic mass is 16.5. The molecule has 0 radical (unpaired) electrons. The first kappa shape index (κ1) is 13.2. The molecule has 106 valence electrons. The van der Waals surface area contributed by atoms with Crippen molar-refractivity contribution in [3.05, 3.63) is 30.5 Å². The maximum absolute atomic E-state index is 5.30. The summed E-state index contributed by atoms with van der Waals surface area (Å²) in [6.07, 6.45) is 1.88. The number of benzene rings is 1. The second kappa shape index (κ2) is 4.94. The number of pyridine rings is 1. The lowest BCUT2D eigenvalue weighted by Crippen LogP contribution is -2.58. The maximum Gasteiger partial charge on any atom is 0.136 e. The van der Waals surface area contributed by atoms with Crippen LogP contribution in [0.15, 0.2) is 30.5 Å². The van der Waals surface area contributed by atoms with Crippen LogP contribution < -0.4 is 15.0 Å². The molecule has 1 fully saturated rings. The molecule has 2 aromatic rings. The summed E-state index contributed by atoms with van der Waals surface area (Å²) < 4.78 is 5.30. The highest BCUT2D eigenvalue weighted by Crippen LogP contribution is 2.31. The number of hydrogen-bond acceptors (Lipinski definition) is 4. The average molecular weight is 271 g/mol. The number of nitrogens with one attached hydrogen (secondary N) is 1. The summed E-state index contributed by atoms with van der Waals surface area (Å²) in [6, 6.07) is 8.21. The molecule has 2 heterocycles. The molecule has 0 unspecified atom stereocenters. The van der Waals surface area contributed by atoms with Crippen molar-refractivity contribution >= 4 is 16.6 Å². The molecule has 1 N–H and O–H groups in total. The van der Waals surface area contributed by atoms with Crippen molar-refractivity contribution in [1.29, 1.82) is 0 Å². The minimum absolute atomic E-state index is 0.0689. The van der Waals surface area contributed by atoms with Crippen molar-refractivity contribution in [2.75, 3.05) is 31.6 Å². The van der Waals surface area contributed by atoms with Gasteiger partial charge in [0.1, 0.15) is 11.6 Å². The van der Waals surface area contributed by atoms with E-state index in [2.05, 4.69) is 41.2 Å². The summed E-state index contributed by atoms with van der Waals surface area (Å²) in [7, 11) is 1.70. The number of rotatable bonds is 2. The molecule has 3 rings (SSSR count). The van der Waals surface area contributed by atoms with Crippen LogP contribution in [0.5, 0.6) is 5.75 Å². The van der Waals surface area contributed by atoms with Gasteiger partial charge in [0.15, 0.2) is 0 Å². The molecule has 0 spiro atoms. The van der Waals surface area contributed by atoms with Crippen LogP contribution in [0.4, 0.5) is 5.82 Å². The third kappa shape index (κ3) is 2.20. The summed E-state index contributed by atoms with van der Waals surface area (Å²) in [5.74, 6) is 1.95. The molecule has 0 saturated carbocycles. The van der Waals surface area contributed by atoms with Gasteiger partial charge >= 0.3 is 0 Å². The van der Waals surface area contributed by atoms with Gasteiger partial charge in [-0.15, -0.1) is 0 Å². The van der Waals surface area contributed by atoms with Crippen LogP contribution in [-0.4, -0.2) is 37.3 Å². The summed E-state index contributed by atoms with van der Waals surface area (Å²) >= 11 is 0. The molecule has 4 heteroatoms. The van der Waals surface area contributed by atoms with E-state index >= 15 is 0 Å². The van der Waals surface area contributed by atoms with E-state index in [9.17, 15) is 0 Å². The molecule has 1 saturated heterocycles. The molecular formula is C16H21N3O. The molecule has 0 aliphatic carbocycles. The topological polar surface area (TPSA) is 37.4 Å². The lowest BCUT2D eigenvalue weighted by Gasteiger charge is -2.44. The number of nitrogens with zero attached hydrogens (tertiary/aromatic N) is 2. The van der Waals surface area contributed by atoms with E-state index in [-0.39, 0.29) is 5.54 Å². The average Bonchev–Trinajstić information content (AvgIpc) is 2.46. The third-order valence-corrected chi connectivity index (χ3v) is 4.01. The Labute approximate surface area is 119 Å². The fourth-order valence-corrected chi connectivity index (χ4v) is 2.86. The third-order valence-electron chi connectivity index (χ3n) is 4.01. The van der Waals surface area contributed by atoms with Crippen LogP contribution in [0, 0.1) is 0 Å². The summed E-state index contributed by atoms with van der Waals surface area (Å²) in [4.78, 5) is 7.04. The fraction of sp³-hybridized carbons (Fsp3) is 0.438. The Balaban J connectivity index is 2.11. The van der Waals surface area contributed by atoms with E-state index < -0.39 is 0 Å². The molecule has 1 aliphatic heterocycles. The van der Waals surface area contributed by atoms with Crippen LogP contribution in [0.1, 0.15) is 13.8 Å². The zero-order chi connectivity index (χ0) is 14.2. The molecular weight excluding hydrogens is 250 g/mol. The zero-order valence-electron chi connectivity index (χ0n) is 12.3. The molecule has 1 aromatic carbocycles. The van der Waals surface area contributed by atoms with Gasteiger partial charge in [0.2, 0.25) is 0 Å². The first-order valence-electron chi connectivity index (χ1n) is 7.03.